The summed E-state index contributed by atoms with van der Waals surface area (Å²) in [6.45, 7) is 6.50. The van der Waals surface area contributed by atoms with E-state index >= 15 is 0 Å². The van der Waals surface area contributed by atoms with Crippen LogP contribution in [0.3, 0.4) is 0 Å². The van der Waals surface area contributed by atoms with Gasteiger partial charge in [-0.2, -0.15) is 0 Å². The molecule has 0 aliphatic heterocycles. The summed E-state index contributed by atoms with van der Waals surface area (Å²) in [5.74, 6) is 0.894. The molecule has 2 aromatic carbocycles. The maximum Gasteiger partial charge on any atom is 0.119 e. The van der Waals surface area contributed by atoms with E-state index in [1.54, 1.807) is 7.11 Å². The Bertz CT molecular complexity index is 581. The molecule has 0 amide bonds. The molecule has 0 aliphatic rings. The molecule has 0 radical (unpaired) electrons. The van der Waals surface area contributed by atoms with Crippen molar-refractivity contribution in [2.24, 2.45) is 0 Å². The van der Waals surface area contributed by atoms with Crippen LogP contribution < -0.4 is 10.1 Å². The predicted molar refractivity (Wildman–Crippen MR) is 84.5 cm³/mol. The number of benzene rings is 2. The minimum atomic E-state index is 0.186. The van der Waals surface area contributed by atoms with E-state index in [4.69, 9.17) is 4.74 Å². The van der Waals surface area contributed by atoms with Crippen LogP contribution in [0.1, 0.15) is 33.9 Å². The number of nitrogens with one attached hydrogen (secondary N) is 1. The van der Waals surface area contributed by atoms with Crippen LogP contribution in [0.25, 0.3) is 0 Å². The zero-order valence-corrected chi connectivity index (χ0v) is 12.9. The minimum absolute atomic E-state index is 0.186. The zero-order chi connectivity index (χ0) is 14.7. The van der Waals surface area contributed by atoms with Crippen LogP contribution in [0.5, 0.6) is 5.75 Å². The first-order valence-electron chi connectivity index (χ1n) is 6.95. The monoisotopic (exact) mass is 269 g/mol. The number of hydrogen-bond donors (Lipinski definition) is 1. The minimum Gasteiger partial charge on any atom is -0.497 e. The Balaban J connectivity index is 2.52. The van der Waals surface area contributed by atoms with Crippen molar-refractivity contribution < 1.29 is 4.74 Å². The summed E-state index contributed by atoms with van der Waals surface area (Å²) in [5.41, 5.74) is 6.53. The van der Waals surface area contributed by atoms with Crippen molar-refractivity contribution in [2.75, 3.05) is 14.2 Å². The highest BCUT2D eigenvalue weighted by molar-refractivity contribution is 5.45. The van der Waals surface area contributed by atoms with Gasteiger partial charge in [-0.15, -0.1) is 0 Å². The van der Waals surface area contributed by atoms with Crippen LogP contribution in [0.15, 0.2) is 36.4 Å². The van der Waals surface area contributed by atoms with E-state index in [2.05, 4.69) is 50.4 Å². The molecule has 20 heavy (non-hydrogen) atoms. The van der Waals surface area contributed by atoms with Crippen molar-refractivity contribution in [1.82, 2.24) is 5.32 Å². The molecule has 2 aromatic rings. The first-order chi connectivity index (χ1) is 9.56. The van der Waals surface area contributed by atoms with Crippen molar-refractivity contribution in [3.05, 3.63) is 64.2 Å². The molecule has 2 rings (SSSR count). The fraction of sp³-hybridized carbons (Fsp3) is 0.333. The van der Waals surface area contributed by atoms with E-state index in [1.165, 1.54) is 27.8 Å². The number of methoxy groups -OCH3 is 1. The van der Waals surface area contributed by atoms with Crippen LogP contribution >= 0.6 is 0 Å². The molecule has 106 valence electrons. The summed E-state index contributed by atoms with van der Waals surface area (Å²) >= 11 is 0. The van der Waals surface area contributed by atoms with Gasteiger partial charge in [0.25, 0.3) is 0 Å². The fourth-order valence-electron chi connectivity index (χ4n) is 2.95. The Hall–Kier alpha value is -1.80. The first kappa shape index (κ1) is 14.6. The molecule has 0 fully saturated rings. The van der Waals surface area contributed by atoms with Crippen LogP contribution in [-0.4, -0.2) is 14.2 Å². The van der Waals surface area contributed by atoms with E-state index in [0.29, 0.717) is 0 Å². The van der Waals surface area contributed by atoms with Gasteiger partial charge in [0.1, 0.15) is 5.75 Å². The SMILES string of the molecule is CNC(c1cccc(OC)c1)c1c(C)cc(C)cc1C. The third-order valence-corrected chi connectivity index (χ3v) is 3.74. The highest BCUT2D eigenvalue weighted by Crippen LogP contribution is 2.30. The Morgan fingerprint density at radius 2 is 1.65 bits per heavy atom. The molecular formula is C18H23NO. The van der Waals surface area contributed by atoms with Gasteiger partial charge in [-0.25, -0.2) is 0 Å². The van der Waals surface area contributed by atoms with Gasteiger partial charge in [-0.05, 0) is 62.2 Å². The number of ether oxygens (including phenoxy) is 1. The Labute approximate surface area is 121 Å². The third-order valence-electron chi connectivity index (χ3n) is 3.74. The van der Waals surface area contributed by atoms with Gasteiger partial charge in [0.15, 0.2) is 0 Å². The molecule has 1 N–H and O–H groups in total. The predicted octanol–water partition coefficient (Wildman–Crippen LogP) is 3.93. The summed E-state index contributed by atoms with van der Waals surface area (Å²) in [5, 5.41) is 3.43. The van der Waals surface area contributed by atoms with E-state index in [-0.39, 0.29) is 6.04 Å². The summed E-state index contributed by atoms with van der Waals surface area (Å²) < 4.78 is 5.34. The van der Waals surface area contributed by atoms with Crippen molar-refractivity contribution >= 4 is 0 Å². The molecule has 2 heteroatoms. The first-order valence-corrected chi connectivity index (χ1v) is 6.95. The van der Waals surface area contributed by atoms with Crippen LogP contribution in [0, 0.1) is 20.8 Å². The van der Waals surface area contributed by atoms with Crippen molar-refractivity contribution in [3.8, 4) is 5.75 Å². The van der Waals surface area contributed by atoms with Crippen LogP contribution in [0.2, 0.25) is 0 Å². The van der Waals surface area contributed by atoms with Gasteiger partial charge < -0.3 is 10.1 Å². The summed E-state index contributed by atoms with van der Waals surface area (Å²) in [4.78, 5) is 0. The molecule has 0 saturated heterocycles. The molecule has 0 saturated carbocycles. The Kier molecular flexibility index (Phi) is 4.46. The van der Waals surface area contributed by atoms with E-state index in [1.807, 2.05) is 19.2 Å². The lowest BCUT2D eigenvalue weighted by molar-refractivity contribution is 0.413. The smallest absolute Gasteiger partial charge is 0.119 e. The van der Waals surface area contributed by atoms with Crippen LogP contribution in [0.4, 0.5) is 0 Å². The lowest BCUT2D eigenvalue weighted by Crippen LogP contribution is -2.20. The maximum absolute atomic E-state index is 5.34. The fourth-order valence-corrected chi connectivity index (χ4v) is 2.95. The molecule has 0 spiro atoms. The van der Waals surface area contributed by atoms with Gasteiger partial charge in [-0.3, -0.25) is 0 Å². The van der Waals surface area contributed by atoms with E-state index < -0.39 is 0 Å². The second kappa shape index (κ2) is 6.10. The zero-order valence-electron chi connectivity index (χ0n) is 12.9. The van der Waals surface area contributed by atoms with Crippen molar-refractivity contribution in [1.29, 1.82) is 0 Å². The maximum atomic E-state index is 5.34. The van der Waals surface area contributed by atoms with Crippen molar-refractivity contribution in [2.45, 2.75) is 26.8 Å². The molecule has 1 atom stereocenters. The van der Waals surface area contributed by atoms with Crippen LogP contribution in [-0.2, 0) is 0 Å². The highest BCUT2D eigenvalue weighted by atomic mass is 16.5. The lowest BCUT2D eigenvalue weighted by Gasteiger charge is -2.22. The molecule has 1 unspecified atom stereocenters. The lowest BCUT2D eigenvalue weighted by atomic mass is 9.90. The van der Waals surface area contributed by atoms with Crippen molar-refractivity contribution in [3.63, 3.8) is 0 Å². The van der Waals surface area contributed by atoms with E-state index in [9.17, 15) is 0 Å². The Morgan fingerprint density at radius 1 is 1.00 bits per heavy atom. The number of aryl methyl sites for hydroxylation is 3. The number of hydrogen-bond acceptors (Lipinski definition) is 2. The highest BCUT2D eigenvalue weighted by Gasteiger charge is 2.17. The standard InChI is InChI=1S/C18H23NO/c1-12-9-13(2)17(14(3)10-12)18(19-4)15-7-6-8-16(11-15)20-5/h6-11,18-19H,1-5H3. The quantitative estimate of drug-likeness (QED) is 0.908. The summed E-state index contributed by atoms with van der Waals surface area (Å²) in [6.07, 6.45) is 0. The normalized spacial score (nSPS) is 12.2. The molecule has 0 bridgehead atoms. The van der Waals surface area contributed by atoms with Gasteiger partial charge >= 0.3 is 0 Å². The summed E-state index contributed by atoms with van der Waals surface area (Å²) in [7, 11) is 3.71. The topological polar surface area (TPSA) is 21.3 Å². The molecule has 0 aromatic heterocycles. The van der Waals surface area contributed by atoms with E-state index in [0.717, 1.165) is 5.75 Å². The molecule has 0 heterocycles. The molecular weight excluding hydrogens is 246 g/mol. The second-order valence-electron chi connectivity index (χ2n) is 5.31. The number of rotatable bonds is 4. The molecule has 2 nitrogen and oxygen atoms in total. The van der Waals surface area contributed by atoms with Gasteiger partial charge in [0.2, 0.25) is 0 Å². The third kappa shape index (κ3) is 2.86. The average molecular weight is 269 g/mol. The van der Waals surface area contributed by atoms with Gasteiger partial charge in [0, 0.05) is 0 Å². The largest absolute Gasteiger partial charge is 0.497 e. The second-order valence-corrected chi connectivity index (χ2v) is 5.31. The van der Waals surface area contributed by atoms with Gasteiger partial charge in [-0.1, -0.05) is 29.8 Å². The summed E-state index contributed by atoms with van der Waals surface area (Å²) in [6, 6.07) is 12.9. The van der Waals surface area contributed by atoms with Gasteiger partial charge in [0.05, 0.1) is 13.2 Å². The average Bonchev–Trinajstić information content (AvgIpc) is 2.42. The Morgan fingerprint density at radius 3 is 2.20 bits per heavy atom. The molecule has 0 aliphatic carbocycles.